The Balaban J connectivity index is 4.48. The van der Waals surface area contributed by atoms with Crippen LogP contribution in [0.15, 0.2) is 72.9 Å². The average molecular weight is 725 g/mol. The fourth-order valence-corrected chi connectivity index (χ4v) is 5.43. The molecule has 6 nitrogen and oxygen atoms in total. The standard InChI is InChI=1S/C46H76O6/c1-4-7-10-13-16-19-21-23-25-27-30-33-36-39-45(48)51-42-43(41-50-44(47)38-35-32-29-26-18-15-12-9-6-3)52-46(49)40-37-34-31-28-24-22-20-17-14-11-8-5-2/h7-8,10-11,13,16-17,19-21,23,25,43H,4-6,9,12,14-15,18,22,24,26-42H2,1-3H3/b10-7-,11-8-,16-13-,20-17-,21-19-,25-23-. The fourth-order valence-electron chi connectivity index (χ4n) is 5.43. The maximum atomic E-state index is 12.7. The molecule has 0 saturated carbocycles. The average Bonchev–Trinajstić information content (AvgIpc) is 3.14. The van der Waals surface area contributed by atoms with Crippen LogP contribution in [0, 0.1) is 0 Å². The van der Waals surface area contributed by atoms with Gasteiger partial charge in [-0.1, -0.05) is 171 Å². The Hall–Kier alpha value is -3.15. The highest BCUT2D eigenvalue weighted by molar-refractivity contribution is 5.71. The fraction of sp³-hybridized carbons (Fsp3) is 0.674. The lowest BCUT2D eigenvalue weighted by molar-refractivity contribution is -0.167. The van der Waals surface area contributed by atoms with Gasteiger partial charge < -0.3 is 14.2 Å². The summed E-state index contributed by atoms with van der Waals surface area (Å²) in [7, 11) is 0. The molecule has 6 heteroatoms. The highest BCUT2D eigenvalue weighted by Crippen LogP contribution is 2.13. The molecule has 0 aromatic rings. The third-order valence-electron chi connectivity index (χ3n) is 8.55. The molecule has 0 aromatic carbocycles. The Morgan fingerprint density at radius 3 is 1.40 bits per heavy atom. The largest absolute Gasteiger partial charge is 0.462 e. The van der Waals surface area contributed by atoms with Crippen molar-refractivity contribution >= 4 is 17.9 Å². The number of hydrogen-bond acceptors (Lipinski definition) is 6. The Labute approximate surface area is 319 Å². The Kier molecular flexibility index (Phi) is 38.2. The van der Waals surface area contributed by atoms with Gasteiger partial charge in [0.2, 0.25) is 0 Å². The second-order valence-electron chi connectivity index (χ2n) is 13.6. The van der Waals surface area contributed by atoms with Gasteiger partial charge in [-0.05, 0) is 64.2 Å². The lowest BCUT2D eigenvalue weighted by atomic mass is 10.1. The van der Waals surface area contributed by atoms with Gasteiger partial charge in [0, 0.05) is 19.3 Å². The minimum Gasteiger partial charge on any atom is -0.462 e. The summed E-state index contributed by atoms with van der Waals surface area (Å²) in [5.74, 6) is -0.962. The van der Waals surface area contributed by atoms with E-state index in [1.807, 2.05) is 36.5 Å². The molecule has 0 aliphatic rings. The molecule has 0 fully saturated rings. The van der Waals surface area contributed by atoms with Crippen LogP contribution in [-0.4, -0.2) is 37.2 Å². The number of allylic oxidation sites excluding steroid dienone is 12. The number of rotatable bonds is 36. The first kappa shape index (κ1) is 48.9. The van der Waals surface area contributed by atoms with Crippen molar-refractivity contribution in [3.05, 3.63) is 72.9 Å². The lowest BCUT2D eigenvalue weighted by Gasteiger charge is -2.18. The van der Waals surface area contributed by atoms with Crippen LogP contribution in [0.25, 0.3) is 0 Å². The molecule has 0 aromatic heterocycles. The molecule has 0 radical (unpaired) electrons. The summed E-state index contributed by atoms with van der Waals surface area (Å²) in [6, 6.07) is 0. The molecule has 0 amide bonds. The molecule has 0 aliphatic carbocycles. The van der Waals surface area contributed by atoms with Gasteiger partial charge in [0.1, 0.15) is 13.2 Å². The zero-order valence-corrected chi connectivity index (χ0v) is 33.5. The quantitative estimate of drug-likeness (QED) is 0.0210. The molecular weight excluding hydrogens is 648 g/mol. The van der Waals surface area contributed by atoms with Gasteiger partial charge in [0.15, 0.2) is 6.10 Å². The topological polar surface area (TPSA) is 78.9 Å². The van der Waals surface area contributed by atoms with Crippen molar-refractivity contribution in [3.63, 3.8) is 0 Å². The molecular formula is C46H76O6. The van der Waals surface area contributed by atoms with Crippen molar-refractivity contribution in [3.8, 4) is 0 Å². The van der Waals surface area contributed by atoms with Crippen LogP contribution in [0.5, 0.6) is 0 Å². The number of hydrogen-bond donors (Lipinski definition) is 0. The summed E-state index contributed by atoms with van der Waals surface area (Å²) in [5, 5.41) is 0. The van der Waals surface area contributed by atoms with E-state index in [1.54, 1.807) is 0 Å². The molecule has 1 atom stereocenters. The van der Waals surface area contributed by atoms with Crippen molar-refractivity contribution in [2.45, 2.75) is 187 Å². The second kappa shape index (κ2) is 40.6. The zero-order chi connectivity index (χ0) is 38.0. The van der Waals surface area contributed by atoms with Crippen LogP contribution < -0.4 is 0 Å². The summed E-state index contributed by atoms with van der Waals surface area (Å²) in [6.07, 6.45) is 48.9. The van der Waals surface area contributed by atoms with Gasteiger partial charge >= 0.3 is 17.9 Å². The summed E-state index contributed by atoms with van der Waals surface area (Å²) >= 11 is 0. The lowest BCUT2D eigenvalue weighted by Crippen LogP contribution is -2.30. The van der Waals surface area contributed by atoms with E-state index in [2.05, 4.69) is 57.2 Å². The zero-order valence-electron chi connectivity index (χ0n) is 33.5. The Morgan fingerprint density at radius 2 is 0.846 bits per heavy atom. The molecule has 1 unspecified atom stereocenters. The van der Waals surface area contributed by atoms with Crippen LogP contribution in [0.2, 0.25) is 0 Å². The van der Waals surface area contributed by atoms with Gasteiger partial charge in [-0.15, -0.1) is 0 Å². The third-order valence-corrected chi connectivity index (χ3v) is 8.55. The number of ether oxygens (including phenoxy) is 3. The van der Waals surface area contributed by atoms with Crippen molar-refractivity contribution in [1.29, 1.82) is 0 Å². The van der Waals surface area contributed by atoms with Crippen LogP contribution in [0.3, 0.4) is 0 Å². The molecule has 0 heterocycles. The predicted molar refractivity (Wildman–Crippen MR) is 219 cm³/mol. The summed E-state index contributed by atoms with van der Waals surface area (Å²) < 4.78 is 16.6. The Morgan fingerprint density at radius 1 is 0.423 bits per heavy atom. The first-order valence-electron chi connectivity index (χ1n) is 21.0. The molecule has 0 rings (SSSR count). The Bertz CT molecular complexity index is 1020. The van der Waals surface area contributed by atoms with E-state index in [-0.39, 0.29) is 31.1 Å². The maximum Gasteiger partial charge on any atom is 0.306 e. The van der Waals surface area contributed by atoms with E-state index >= 15 is 0 Å². The first-order valence-corrected chi connectivity index (χ1v) is 21.0. The predicted octanol–water partition coefficient (Wildman–Crippen LogP) is 13.1. The second-order valence-corrected chi connectivity index (χ2v) is 13.6. The SMILES string of the molecule is CC\C=C/C=C\C=C/C=C\CCCCCC(=O)OCC(COC(=O)CCCCCCCCCCC)OC(=O)CCCCCCC/C=C\C/C=C\CC. The van der Waals surface area contributed by atoms with Crippen molar-refractivity contribution in [2.75, 3.05) is 13.2 Å². The van der Waals surface area contributed by atoms with Crippen LogP contribution in [0.1, 0.15) is 181 Å². The van der Waals surface area contributed by atoms with Crippen molar-refractivity contribution in [1.82, 2.24) is 0 Å². The number of esters is 3. The maximum absolute atomic E-state index is 12.7. The highest BCUT2D eigenvalue weighted by Gasteiger charge is 2.19. The van der Waals surface area contributed by atoms with Crippen molar-refractivity contribution in [2.24, 2.45) is 0 Å². The van der Waals surface area contributed by atoms with E-state index in [1.165, 1.54) is 38.5 Å². The normalized spacial score (nSPS) is 12.8. The molecule has 0 N–H and O–H groups in total. The first-order chi connectivity index (χ1) is 25.5. The number of carbonyl (C=O) groups excluding carboxylic acids is 3. The molecule has 0 bridgehead atoms. The minimum atomic E-state index is -0.793. The van der Waals surface area contributed by atoms with Gasteiger partial charge in [0.05, 0.1) is 0 Å². The van der Waals surface area contributed by atoms with E-state index in [0.717, 1.165) is 103 Å². The van der Waals surface area contributed by atoms with Crippen LogP contribution in [0.4, 0.5) is 0 Å². The number of carbonyl (C=O) groups is 3. The van der Waals surface area contributed by atoms with Crippen molar-refractivity contribution < 1.29 is 28.6 Å². The smallest absolute Gasteiger partial charge is 0.306 e. The minimum absolute atomic E-state index is 0.0942. The van der Waals surface area contributed by atoms with Crippen LogP contribution in [-0.2, 0) is 28.6 Å². The molecule has 0 spiro atoms. The third kappa shape index (κ3) is 38.1. The van der Waals surface area contributed by atoms with E-state index < -0.39 is 6.10 Å². The van der Waals surface area contributed by atoms with E-state index in [9.17, 15) is 14.4 Å². The summed E-state index contributed by atoms with van der Waals surface area (Å²) in [4.78, 5) is 37.5. The van der Waals surface area contributed by atoms with Gasteiger partial charge in [-0.25, -0.2) is 0 Å². The molecule has 296 valence electrons. The summed E-state index contributed by atoms with van der Waals surface area (Å²) in [5.41, 5.74) is 0. The molecule has 0 saturated heterocycles. The summed E-state index contributed by atoms with van der Waals surface area (Å²) in [6.45, 7) is 6.29. The van der Waals surface area contributed by atoms with Gasteiger partial charge in [-0.3, -0.25) is 14.4 Å². The molecule has 0 aliphatic heterocycles. The monoisotopic (exact) mass is 725 g/mol. The van der Waals surface area contributed by atoms with Gasteiger partial charge in [-0.2, -0.15) is 0 Å². The number of unbranched alkanes of at least 4 members (excludes halogenated alkanes) is 16. The van der Waals surface area contributed by atoms with E-state index in [4.69, 9.17) is 14.2 Å². The van der Waals surface area contributed by atoms with Gasteiger partial charge in [0.25, 0.3) is 0 Å². The van der Waals surface area contributed by atoms with E-state index in [0.29, 0.717) is 19.3 Å². The van der Waals surface area contributed by atoms with Crippen LogP contribution >= 0.6 is 0 Å². The highest BCUT2D eigenvalue weighted by atomic mass is 16.6. The molecule has 52 heavy (non-hydrogen) atoms.